The van der Waals surface area contributed by atoms with Gasteiger partial charge in [-0.2, -0.15) is 13.2 Å². The van der Waals surface area contributed by atoms with Crippen molar-refractivity contribution < 1.29 is 13.2 Å². The molecule has 0 aromatic carbocycles. The number of halogens is 3. The van der Waals surface area contributed by atoms with E-state index in [4.69, 9.17) is 0 Å². The number of piperazine rings is 1. The number of anilines is 1. The third-order valence-corrected chi connectivity index (χ3v) is 3.00. The smallest absolute Gasteiger partial charge is 0.338 e. The molecule has 0 saturated carbocycles. The van der Waals surface area contributed by atoms with Crippen LogP contribution >= 0.6 is 0 Å². The van der Waals surface area contributed by atoms with Crippen LogP contribution in [0.1, 0.15) is 18.9 Å². The predicted molar refractivity (Wildman–Crippen MR) is 61.3 cm³/mol. The lowest BCUT2D eigenvalue weighted by atomic mass is 10.2. The van der Waals surface area contributed by atoms with E-state index in [0.29, 0.717) is 18.5 Å². The number of hydrogen-bond acceptors (Lipinski definition) is 4. The van der Waals surface area contributed by atoms with Gasteiger partial charge in [0.2, 0.25) is 5.95 Å². The van der Waals surface area contributed by atoms with Gasteiger partial charge < -0.3 is 10.2 Å². The molecule has 7 heteroatoms. The van der Waals surface area contributed by atoms with Crippen LogP contribution in [0.5, 0.6) is 0 Å². The fourth-order valence-electron chi connectivity index (χ4n) is 1.91. The van der Waals surface area contributed by atoms with E-state index < -0.39 is 11.7 Å². The Morgan fingerprint density at radius 3 is 2.61 bits per heavy atom. The highest BCUT2D eigenvalue weighted by Crippen LogP contribution is 2.28. The molecule has 1 saturated heterocycles. The van der Waals surface area contributed by atoms with Crippen molar-refractivity contribution in [2.24, 2.45) is 0 Å². The molecule has 4 nitrogen and oxygen atoms in total. The van der Waals surface area contributed by atoms with Crippen molar-refractivity contribution >= 4 is 5.95 Å². The molecule has 18 heavy (non-hydrogen) atoms. The molecule has 1 atom stereocenters. The van der Waals surface area contributed by atoms with Crippen LogP contribution in [-0.4, -0.2) is 35.6 Å². The molecule has 1 aliphatic heterocycles. The summed E-state index contributed by atoms with van der Waals surface area (Å²) >= 11 is 0. The molecule has 1 aliphatic rings. The summed E-state index contributed by atoms with van der Waals surface area (Å²) in [5.41, 5.74) is -0.812. The van der Waals surface area contributed by atoms with Crippen molar-refractivity contribution in [1.29, 1.82) is 0 Å². The average molecular weight is 260 g/mol. The summed E-state index contributed by atoms with van der Waals surface area (Å²) in [5.74, 6) is 0.364. The van der Waals surface area contributed by atoms with Crippen LogP contribution in [0.2, 0.25) is 0 Å². The Labute approximate surface area is 103 Å². The van der Waals surface area contributed by atoms with Gasteiger partial charge in [-0.05, 0) is 6.42 Å². The Balaban J connectivity index is 2.09. The summed E-state index contributed by atoms with van der Waals surface area (Å²) in [6, 6.07) is 0.338. The Kier molecular flexibility index (Phi) is 3.70. The van der Waals surface area contributed by atoms with Crippen molar-refractivity contribution in [2.75, 3.05) is 24.5 Å². The fourth-order valence-corrected chi connectivity index (χ4v) is 1.91. The lowest BCUT2D eigenvalue weighted by Gasteiger charge is -2.33. The lowest BCUT2D eigenvalue weighted by molar-refractivity contribution is -0.138. The normalized spacial score (nSPS) is 21.1. The van der Waals surface area contributed by atoms with Gasteiger partial charge in [0.25, 0.3) is 0 Å². The van der Waals surface area contributed by atoms with Gasteiger partial charge in [-0.1, -0.05) is 6.92 Å². The minimum atomic E-state index is -4.38. The molecule has 0 unspecified atom stereocenters. The summed E-state index contributed by atoms with van der Waals surface area (Å²) in [5, 5.41) is 3.33. The van der Waals surface area contributed by atoms with Gasteiger partial charge in [0, 0.05) is 38.1 Å². The minimum absolute atomic E-state index is 0.338. The van der Waals surface area contributed by atoms with E-state index in [1.807, 2.05) is 4.90 Å². The Morgan fingerprint density at radius 2 is 2.06 bits per heavy atom. The van der Waals surface area contributed by atoms with E-state index in [9.17, 15) is 13.2 Å². The number of rotatable bonds is 2. The van der Waals surface area contributed by atoms with Gasteiger partial charge in [0.05, 0.1) is 5.56 Å². The summed E-state index contributed by atoms with van der Waals surface area (Å²) in [7, 11) is 0. The SMILES string of the molecule is CC[C@@H]1CN(c2ncc(C(F)(F)F)cn2)CCN1. The third kappa shape index (κ3) is 2.90. The van der Waals surface area contributed by atoms with E-state index in [1.165, 1.54) is 0 Å². The first-order valence-corrected chi connectivity index (χ1v) is 5.88. The van der Waals surface area contributed by atoms with Crippen molar-refractivity contribution in [2.45, 2.75) is 25.6 Å². The highest BCUT2D eigenvalue weighted by Gasteiger charge is 2.31. The fraction of sp³-hybridized carbons (Fsp3) is 0.636. The van der Waals surface area contributed by atoms with Crippen molar-refractivity contribution in [1.82, 2.24) is 15.3 Å². The number of alkyl halides is 3. The molecule has 0 bridgehead atoms. The minimum Gasteiger partial charge on any atom is -0.338 e. The van der Waals surface area contributed by atoms with E-state index in [1.54, 1.807) is 0 Å². The number of hydrogen-bond donors (Lipinski definition) is 1. The largest absolute Gasteiger partial charge is 0.419 e. The van der Waals surface area contributed by atoms with Crippen LogP contribution in [0.15, 0.2) is 12.4 Å². The molecule has 0 spiro atoms. The second-order valence-corrected chi connectivity index (χ2v) is 4.27. The van der Waals surface area contributed by atoms with Crippen LogP contribution in [0.3, 0.4) is 0 Å². The van der Waals surface area contributed by atoms with Crippen LogP contribution < -0.4 is 10.2 Å². The highest BCUT2D eigenvalue weighted by molar-refractivity contribution is 5.31. The summed E-state index contributed by atoms with van der Waals surface area (Å²) in [6.07, 6.45) is -1.73. The van der Waals surface area contributed by atoms with Crippen LogP contribution in [0, 0.1) is 0 Å². The summed E-state index contributed by atoms with van der Waals surface area (Å²) in [4.78, 5) is 9.52. The molecule has 1 N–H and O–H groups in total. The van der Waals surface area contributed by atoms with Crippen molar-refractivity contribution in [3.63, 3.8) is 0 Å². The molecule has 2 heterocycles. The number of nitrogens with one attached hydrogen (secondary N) is 1. The van der Waals surface area contributed by atoms with Crippen LogP contribution in [0.4, 0.5) is 19.1 Å². The van der Waals surface area contributed by atoms with E-state index in [2.05, 4.69) is 22.2 Å². The van der Waals surface area contributed by atoms with Gasteiger partial charge in [-0.15, -0.1) is 0 Å². The lowest BCUT2D eigenvalue weighted by Crippen LogP contribution is -2.51. The van der Waals surface area contributed by atoms with E-state index in [-0.39, 0.29) is 0 Å². The standard InChI is InChI=1S/C11H15F3N4/c1-2-9-7-18(4-3-15-9)10-16-5-8(6-17-10)11(12,13)14/h5-6,9,15H,2-4,7H2,1H3/t9-/m1/s1. The first-order valence-electron chi connectivity index (χ1n) is 5.88. The van der Waals surface area contributed by atoms with Gasteiger partial charge in [-0.3, -0.25) is 0 Å². The van der Waals surface area contributed by atoms with Crippen molar-refractivity contribution in [3.05, 3.63) is 18.0 Å². The molecule has 0 amide bonds. The summed E-state index contributed by atoms with van der Waals surface area (Å²) in [6.45, 7) is 4.29. The Bertz CT molecular complexity index is 390. The second kappa shape index (κ2) is 5.09. The zero-order valence-electron chi connectivity index (χ0n) is 10.0. The van der Waals surface area contributed by atoms with Crippen molar-refractivity contribution in [3.8, 4) is 0 Å². The highest BCUT2D eigenvalue weighted by atomic mass is 19.4. The average Bonchev–Trinajstić information content (AvgIpc) is 2.38. The van der Waals surface area contributed by atoms with E-state index in [0.717, 1.165) is 31.9 Å². The van der Waals surface area contributed by atoms with Gasteiger partial charge in [0.15, 0.2) is 0 Å². The third-order valence-electron chi connectivity index (χ3n) is 3.00. The zero-order chi connectivity index (χ0) is 13.2. The topological polar surface area (TPSA) is 41.1 Å². The maximum atomic E-state index is 12.4. The first-order chi connectivity index (χ1) is 8.50. The monoisotopic (exact) mass is 260 g/mol. The van der Waals surface area contributed by atoms with Crippen LogP contribution in [0.25, 0.3) is 0 Å². The van der Waals surface area contributed by atoms with Gasteiger partial charge in [0.1, 0.15) is 0 Å². The van der Waals surface area contributed by atoms with Gasteiger partial charge >= 0.3 is 6.18 Å². The molecule has 100 valence electrons. The first kappa shape index (κ1) is 13.1. The molecular weight excluding hydrogens is 245 g/mol. The number of nitrogens with zero attached hydrogens (tertiary/aromatic N) is 3. The second-order valence-electron chi connectivity index (χ2n) is 4.27. The molecular formula is C11H15F3N4. The quantitative estimate of drug-likeness (QED) is 0.878. The Morgan fingerprint density at radius 1 is 1.39 bits per heavy atom. The molecule has 0 aliphatic carbocycles. The Hall–Kier alpha value is -1.37. The molecule has 1 aromatic heterocycles. The maximum Gasteiger partial charge on any atom is 0.419 e. The van der Waals surface area contributed by atoms with Crippen LogP contribution in [-0.2, 0) is 6.18 Å². The zero-order valence-corrected chi connectivity index (χ0v) is 10.0. The molecule has 1 aromatic rings. The summed E-state index contributed by atoms with van der Waals surface area (Å²) < 4.78 is 37.1. The molecule has 2 rings (SSSR count). The van der Waals surface area contributed by atoms with Gasteiger partial charge in [-0.25, -0.2) is 9.97 Å². The number of aromatic nitrogens is 2. The maximum absolute atomic E-state index is 12.4. The molecule has 0 radical (unpaired) electrons. The predicted octanol–water partition coefficient (Wildman–Crippen LogP) is 1.68. The van der Waals surface area contributed by atoms with E-state index >= 15 is 0 Å². The molecule has 1 fully saturated rings.